The van der Waals surface area contributed by atoms with Crippen molar-refractivity contribution in [2.45, 2.75) is 26.8 Å². The number of rotatable bonds is 5. The molecule has 28 heavy (non-hydrogen) atoms. The maximum Gasteiger partial charge on any atom is 0.260 e. The van der Waals surface area contributed by atoms with Crippen molar-refractivity contribution in [3.63, 3.8) is 0 Å². The fourth-order valence-corrected chi connectivity index (χ4v) is 3.35. The van der Waals surface area contributed by atoms with Crippen LogP contribution in [0.25, 0.3) is 21.9 Å². The highest BCUT2D eigenvalue weighted by Gasteiger charge is 2.18. The Morgan fingerprint density at radius 3 is 2.79 bits per heavy atom. The molecule has 0 saturated heterocycles. The van der Waals surface area contributed by atoms with Crippen LogP contribution in [0.2, 0.25) is 0 Å². The minimum absolute atomic E-state index is 0.259. The van der Waals surface area contributed by atoms with Gasteiger partial charge < -0.3 is 10.1 Å². The van der Waals surface area contributed by atoms with Gasteiger partial charge in [0.25, 0.3) is 5.91 Å². The van der Waals surface area contributed by atoms with E-state index in [0.29, 0.717) is 17.1 Å². The van der Waals surface area contributed by atoms with Crippen LogP contribution >= 0.6 is 0 Å². The summed E-state index contributed by atoms with van der Waals surface area (Å²) in [5.41, 5.74) is 3.31. The van der Waals surface area contributed by atoms with Crippen molar-refractivity contribution in [2.75, 3.05) is 12.4 Å². The van der Waals surface area contributed by atoms with Gasteiger partial charge in [0, 0.05) is 11.9 Å². The zero-order valence-electron chi connectivity index (χ0n) is 16.2. The van der Waals surface area contributed by atoms with Crippen LogP contribution in [-0.4, -0.2) is 27.8 Å². The summed E-state index contributed by atoms with van der Waals surface area (Å²) in [5, 5.41) is 9.42. The maximum absolute atomic E-state index is 12.9. The molecule has 1 N–H and O–H groups in total. The van der Waals surface area contributed by atoms with E-state index in [1.807, 2.05) is 35.0 Å². The van der Waals surface area contributed by atoms with Gasteiger partial charge in [-0.3, -0.25) is 4.79 Å². The van der Waals surface area contributed by atoms with Crippen molar-refractivity contribution < 1.29 is 9.53 Å². The van der Waals surface area contributed by atoms with Crippen LogP contribution < -0.4 is 10.1 Å². The Kier molecular flexibility index (Phi) is 4.69. The average molecular weight is 374 g/mol. The third-order valence-electron chi connectivity index (χ3n) is 4.69. The van der Waals surface area contributed by atoms with Gasteiger partial charge in [0.15, 0.2) is 11.5 Å². The molecule has 2 heterocycles. The second-order valence-electron chi connectivity index (χ2n) is 6.78. The first kappa shape index (κ1) is 18.0. The Labute approximate surface area is 163 Å². The normalized spacial score (nSPS) is 11.1. The highest BCUT2D eigenvalue weighted by Crippen LogP contribution is 2.28. The lowest BCUT2D eigenvalue weighted by atomic mass is 10.1. The standard InChI is InChI=1S/C22H22N4O2/c1-4-11-26-21-17(13-15-12-14(2)9-10-18(15)23-21)20(25-26)24-22(27)16-7-5-6-8-19(16)28-3/h5-10,12-13H,4,11H2,1-3H3,(H,24,25,27). The number of hydrogen-bond donors (Lipinski definition) is 1. The van der Waals surface area contributed by atoms with Crippen molar-refractivity contribution in [2.24, 2.45) is 0 Å². The van der Waals surface area contributed by atoms with Crippen molar-refractivity contribution in [1.82, 2.24) is 14.8 Å². The van der Waals surface area contributed by atoms with Gasteiger partial charge in [-0.05, 0) is 43.7 Å². The molecule has 0 radical (unpaired) electrons. The van der Waals surface area contributed by atoms with E-state index in [1.54, 1.807) is 19.2 Å². The number of methoxy groups -OCH3 is 1. The summed E-state index contributed by atoms with van der Waals surface area (Å²) < 4.78 is 7.16. The quantitative estimate of drug-likeness (QED) is 0.556. The van der Waals surface area contributed by atoms with Crippen LogP contribution in [0.5, 0.6) is 5.75 Å². The summed E-state index contributed by atoms with van der Waals surface area (Å²) in [7, 11) is 1.55. The molecule has 6 nitrogen and oxygen atoms in total. The summed E-state index contributed by atoms with van der Waals surface area (Å²) in [4.78, 5) is 17.7. The van der Waals surface area contributed by atoms with Gasteiger partial charge in [0.1, 0.15) is 5.75 Å². The molecule has 6 heteroatoms. The lowest BCUT2D eigenvalue weighted by Gasteiger charge is -2.07. The van der Waals surface area contributed by atoms with Gasteiger partial charge in [-0.1, -0.05) is 30.7 Å². The molecule has 0 saturated carbocycles. The minimum Gasteiger partial charge on any atom is -0.496 e. The number of hydrogen-bond acceptors (Lipinski definition) is 4. The molecule has 0 bridgehead atoms. The zero-order valence-corrected chi connectivity index (χ0v) is 16.2. The zero-order chi connectivity index (χ0) is 19.7. The van der Waals surface area contributed by atoms with Crippen molar-refractivity contribution in [3.05, 3.63) is 59.7 Å². The third-order valence-corrected chi connectivity index (χ3v) is 4.69. The fourth-order valence-electron chi connectivity index (χ4n) is 3.35. The summed E-state index contributed by atoms with van der Waals surface area (Å²) >= 11 is 0. The van der Waals surface area contributed by atoms with Gasteiger partial charge in [-0.15, -0.1) is 0 Å². The van der Waals surface area contributed by atoms with E-state index in [-0.39, 0.29) is 5.91 Å². The van der Waals surface area contributed by atoms with Crippen LogP contribution in [0.4, 0.5) is 5.82 Å². The van der Waals surface area contributed by atoms with Crippen LogP contribution in [0.15, 0.2) is 48.5 Å². The molecule has 1 amide bonds. The lowest BCUT2D eigenvalue weighted by molar-refractivity contribution is 0.102. The molecule has 0 spiro atoms. The number of aryl methyl sites for hydroxylation is 2. The van der Waals surface area contributed by atoms with Gasteiger partial charge >= 0.3 is 0 Å². The number of pyridine rings is 1. The highest BCUT2D eigenvalue weighted by molar-refractivity contribution is 6.10. The average Bonchev–Trinajstić information content (AvgIpc) is 3.02. The number of fused-ring (bicyclic) bond motifs is 2. The highest BCUT2D eigenvalue weighted by atomic mass is 16.5. The Balaban J connectivity index is 1.82. The lowest BCUT2D eigenvalue weighted by Crippen LogP contribution is -2.14. The molecule has 0 aliphatic heterocycles. The second kappa shape index (κ2) is 7.31. The Hall–Kier alpha value is -3.41. The monoisotopic (exact) mass is 374 g/mol. The number of para-hydroxylation sites is 1. The molecule has 2 aromatic carbocycles. The molecule has 0 aliphatic rings. The molecule has 4 rings (SSSR count). The van der Waals surface area contributed by atoms with Gasteiger partial charge in [0.2, 0.25) is 0 Å². The first-order valence-electron chi connectivity index (χ1n) is 9.33. The first-order chi connectivity index (χ1) is 13.6. The van der Waals surface area contributed by atoms with Gasteiger partial charge in [-0.25, -0.2) is 9.67 Å². The molecule has 0 atom stereocenters. The number of nitrogens with zero attached hydrogens (tertiary/aromatic N) is 3. The Bertz CT molecular complexity index is 1180. The van der Waals surface area contributed by atoms with Gasteiger partial charge in [0.05, 0.1) is 23.6 Å². The van der Waals surface area contributed by atoms with Crippen LogP contribution in [-0.2, 0) is 6.54 Å². The van der Waals surface area contributed by atoms with E-state index < -0.39 is 0 Å². The SMILES string of the molecule is CCCn1nc(NC(=O)c2ccccc2OC)c2cc3cc(C)ccc3nc21. The molecule has 0 aliphatic carbocycles. The first-order valence-corrected chi connectivity index (χ1v) is 9.33. The van der Waals surface area contributed by atoms with E-state index >= 15 is 0 Å². The second-order valence-corrected chi connectivity index (χ2v) is 6.78. The number of amides is 1. The molecular weight excluding hydrogens is 352 g/mol. The minimum atomic E-state index is -0.259. The molecule has 142 valence electrons. The topological polar surface area (TPSA) is 69.0 Å². The molecular formula is C22H22N4O2. The molecule has 0 fully saturated rings. The van der Waals surface area contributed by atoms with Crippen LogP contribution in [0.3, 0.4) is 0 Å². The molecule has 0 unspecified atom stereocenters. The fraction of sp³-hybridized carbons (Fsp3) is 0.227. The number of nitrogens with one attached hydrogen (secondary N) is 1. The number of anilines is 1. The van der Waals surface area contributed by atoms with Gasteiger partial charge in [-0.2, -0.15) is 5.10 Å². The van der Waals surface area contributed by atoms with Crippen molar-refractivity contribution in [1.29, 1.82) is 0 Å². The van der Waals surface area contributed by atoms with E-state index in [4.69, 9.17) is 9.72 Å². The Morgan fingerprint density at radius 1 is 1.18 bits per heavy atom. The number of ether oxygens (including phenoxy) is 1. The number of carbonyl (C=O) groups excluding carboxylic acids is 1. The van der Waals surface area contributed by atoms with Crippen molar-refractivity contribution >= 4 is 33.7 Å². The van der Waals surface area contributed by atoms with E-state index in [1.165, 1.54) is 0 Å². The van der Waals surface area contributed by atoms with E-state index in [2.05, 4.69) is 30.3 Å². The summed E-state index contributed by atoms with van der Waals surface area (Å²) in [6, 6.07) is 15.3. The van der Waals surface area contributed by atoms with Crippen LogP contribution in [0, 0.1) is 6.92 Å². The predicted molar refractivity (Wildman–Crippen MR) is 111 cm³/mol. The number of aromatic nitrogens is 3. The summed E-state index contributed by atoms with van der Waals surface area (Å²) in [6.07, 6.45) is 0.921. The van der Waals surface area contributed by atoms with Crippen LogP contribution in [0.1, 0.15) is 29.3 Å². The number of benzene rings is 2. The van der Waals surface area contributed by atoms with E-state index in [9.17, 15) is 4.79 Å². The predicted octanol–water partition coefficient (Wildman–Crippen LogP) is 4.56. The number of carbonyl (C=O) groups is 1. The smallest absolute Gasteiger partial charge is 0.260 e. The molecule has 2 aromatic heterocycles. The third kappa shape index (κ3) is 3.17. The largest absolute Gasteiger partial charge is 0.496 e. The molecule has 4 aromatic rings. The van der Waals surface area contributed by atoms with E-state index in [0.717, 1.165) is 40.5 Å². The summed E-state index contributed by atoms with van der Waals surface area (Å²) in [5.74, 6) is 0.775. The summed E-state index contributed by atoms with van der Waals surface area (Å²) in [6.45, 7) is 4.87. The van der Waals surface area contributed by atoms with Crippen molar-refractivity contribution in [3.8, 4) is 5.75 Å². The maximum atomic E-state index is 12.9. The Morgan fingerprint density at radius 2 is 2.00 bits per heavy atom.